The van der Waals surface area contributed by atoms with Crippen LogP contribution in [-0.4, -0.2) is 18.3 Å². The van der Waals surface area contributed by atoms with E-state index in [1.54, 1.807) is 0 Å². The van der Waals surface area contributed by atoms with Crippen LogP contribution in [0.4, 0.5) is 0 Å². The molecule has 0 saturated carbocycles. The van der Waals surface area contributed by atoms with Crippen LogP contribution in [0.3, 0.4) is 0 Å². The molecule has 0 fully saturated rings. The Morgan fingerprint density at radius 3 is 2.26 bits per heavy atom. The van der Waals surface area contributed by atoms with Gasteiger partial charge < -0.3 is 9.73 Å². The Bertz CT molecular complexity index is 1480. The Morgan fingerprint density at radius 1 is 0.613 bits per heavy atom. The number of fused-ring (bicyclic) bond motifs is 3. The first-order chi connectivity index (χ1) is 15.4. The van der Waals surface area contributed by atoms with Gasteiger partial charge in [0.15, 0.2) is 0 Å². The number of aliphatic imine (C=N–C) groups is 2. The van der Waals surface area contributed by atoms with Crippen molar-refractivity contribution < 1.29 is 4.42 Å². The summed E-state index contributed by atoms with van der Waals surface area (Å²) in [6.07, 6.45) is 0. The lowest BCUT2D eigenvalue weighted by atomic mass is 10.0. The van der Waals surface area contributed by atoms with Crippen LogP contribution in [0.5, 0.6) is 0 Å². The zero-order valence-corrected chi connectivity index (χ0v) is 16.7. The van der Waals surface area contributed by atoms with E-state index in [2.05, 4.69) is 76.0 Å². The van der Waals surface area contributed by atoms with Gasteiger partial charge in [-0.15, -0.1) is 0 Å². The number of rotatable bonds is 3. The molecular weight excluding hydrogens is 382 g/mol. The van der Waals surface area contributed by atoms with Crippen LogP contribution in [0.1, 0.15) is 11.1 Å². The van der Waals surface area contributed by atoms with E-state index in [9.17, 15) is 0 Å². The van der Waals surface area contributed by atoms with E-state index < -0.39 is 0 Å². The first-order valence-corrected chi connectivity index (χ1v) is 10.3. The number of amidine groups is 2. The summed E-state index contributed by atoms with van der Waals surface area (Å²) in [4.78, 5) is 9.25. The topological polar surface area (TPSA) is 49.9 Å². The predicted octanol–water partition coefficient (Wildman–Crippen LogP) is 6.01. The molecule has 6 rings (SSSR count). The Kier molecular flexibility index (Phi) is 4.13. The molecule has 0 spiro atoms. The normalized spacial score (nSPS) is 13.7. The highest BCUT2D eigenvalue weighted by Gasteiger charge is 2.18. The van der Waals surface area contributed by atoms with Gasteiger partial charge in [-0.25, -0.2) is 9.98 Å². The number of nitrogens with one attached hydrogen (secondary N) is 1. The third-order valence-electron chi connectivity index (χ3n) is 5.60. The van der Waals surface area contributed by atoms with E-state index >= 15 is 0 Å². The molecule has 0 amide bonds. The number of hydrogen-bond donors (Lipinski definition) is 1. The summed E-state index contributed by atoms with van der Waals surface area (Å²) in [6.45, 7) is 0.379. The molecule has 5 aromatic rings. The maximum Gasteiger partial charge on any atom is 0.146 e. The van der Waals surface area contributed by atoms with Crippen molar-refractivity contribution in [1.82, 2.24) is 5.32 Å². The average Bonchev–Trinajstić information content (AvgIpc) is 3.24. The van der Waals surface area contributed by atoms with Gasteiger partial charge in [0.05, 0.1) is 5.56 Å². The molecule has 0 aliphatic carbocycles. The van der Waals surface area contributed by atoms with Crippen LogP contribution in [0.15, 0.2) is 111 Å². The highest BCUT2D eigenvalue weighted by Crippen LogP contribution is 2.31. The van der Waals surface area contributed by atoms with E-state index in [1.807, 2.05) is 36.4 Å². The molecule has 0 saturated heterocycles. The molecule has 4 nitrogen and oxygen atoms in total. The van der Waals surface area contributed by atoms with Gasteiger partial charge in [0.2, 0.25) is 0 Å². The molecule has 1 aromatic heterocycles. The summed E-state index contributed by atoms with van der Waals surface area (Å²) in [5.74, 6) is 1.59. The molecule has 0 unspecified atom stereocenters. The zero-order valence-electron chi connectivity index (χ0n) is 16.7. The molecule has 0 radical (unpaired) electrons. The van der Waals surface area contributed by atoms with Crippen molar-refractivity contribution in [2.45, 2.75) is 0 Å². The molecule has 0 atom stereocenters. The summed E-state index contributed by atoms with van der Waals surface area (Å²) >= 11 is 0. The third-order valence-corrected chi connectivity index (χ3v) is 5.60. The van der Waals surface area contributed by atoms with E-state index in [4.69, 9.17) is 4.42 Å². The van der Waals surface area contributed by atoms with Crippen molar-refractivity contribution in [3.8, 4) is 11.1 Å². The summed E-state index contributed by atoms with van der Waals surface area (Å²) < 4.78 is 6.19. The monoisotopic (exact) mass is 401 g/mol. The minimum absolute atomic E-state index is 0.379. The maximum atomic E-state index is 6.19. The number of para-hydroxylation sites is 2. The fourth-order valence-corrected chi connectivity index (χ4v) is 4.09. The molecule has 0 bridgehead atoms. The van der Waals surface area contributed by atoms with Gasteiger partial charge in [-0.3, -0.25) is 0 Å². The van der Waals surface area contributed by atoms with Crippen molar-refractivity contribution in [3.05, 3.63) is 108 Å². The van der Waals surface area contributed by atoms with Crippen molar-refractivity contribution in [3.63, 3.8) is 0 Å². The second-order valence-electron chi connectivity index (χ2n) is 7.51. The van der Waals surface area contributed by atoms with E-state index in [0.29, 0.717) is 6.67 Å². The minimum atomic E-state index is 0.379. The number of benzene rings is 4. The van der Waals surface area contributed by atoms with Gasteiger partial charge in [0.1, 0.15) is 29.5 Å². The highest BCUT2D eigenvalue weighted by atomic mass is 16.3. The van der Waals surface area contributed by atoms with E-state index in [1.165, 1.54) is 5.56 Å². The van der Waals surface area contributed by atoms with Crippen molar-refractivity contribution >= 4 is 33.6 Å². The van der Waals surface area contributed by atoms with Gasteiger partial charge in [-0.2, -0.15) is 0 Å². The lowest BCUT2D eigenvalue weighted by molar-refractivity contribution is 0.668. The van der Waals surface area contributed by atoms with E-state index in [0.717, 1.165) is 50.3 Å². The molecule has 4 aromatic carbocycles. The van der Waals surface area contributed by atoms with Gasteiger partial charge in [0.25, 0.3) is 0 Å². The Balaban J connectivity index is 1.37. The third kappa shape index (κ3) is 3.09. The van der Waals surface area contributed by atoms with Crippen molar-refractivity contribution in [2.75, 3.05) is 6.67 Å². The number of furan rings is 1. The summed E-state index contributed by atoms with van der Waals surface area (Å²) in [5, 5.41) is 5.64. The quantitative estimate of drug-likeness (QED) is 0.403. The summed E-state index contributed by atoms with van der Waals surface area (Å²) in [7, 11) is 0. The lowest BCUT2D eigenvalue weighted by Crippen LogP contribution is -2.35. The van der Waals surface area contributed by atoms with Crippen LogP contribution in [0.25, 0.3) is 33.1 Å². The molecular formula is C27H19N3O. The van der Waals surface area contributed by atoms with Crippen LogP contribution in [-0.2, 0) is 0 Å². The average molecular weight is 401 g/mol. The van der Waals surface area contributed by atoms with Crippen LogP contribution < -0.4 is 5.32 Å². The number of nitrogens with zero attached hydrogens (tertiary/aromatic N) is 2. The van der Waals surface area contributed by atoms with Gasteiger partial charge >= 0.3 is 0 Å². The van der Waals surface area contributed by atoms with Gasteiger partial charge in [0, 0.05) is 16.3 Å². The fraction of sp³-hybridized carbons (Fsp3) is 0.0370. The minimum Gasteiger partial charge on any atom is -0.455 e. The second kappa shape index (κ2) is 7.26. The lowest BCUT2D eigenvalue weighted by Gasteiger charge is -2.17. The SMILES string of the molecule is c1ccc(-c2cccc(C3=NCN=C(c4cccc5c4oc4ccccc45)N3)c2)cc1. The predicted molar refractivity (Wildman–Crippen MR) is 127 cm³/mol. The van der Waals surface area contributed by atoms with Crippen LogP contribution in [0.2, 0.25) is 0 Å². The zero-order chi connectivity index (χ0) is 20.6. The molecule has 4 heteroatoms. The van der Waals surface area contributed by atoms with Crippen LogP contribution in [0, 0.1) is 0 Å². The Labute approximate surface area is 179 Å². The van der Waals surface area contributed by atoms with Crippen molar-refractivity contribution in [2.24, 2.45) is 9.98 Å². The number of hydrogen-bond acceptors (Lipinski definition) is 4. The molecule has 31 heavy (non-hydrogen) atoms. The first-order valence-electron chi connectivity index (χ1n) is 10.3. The summed E-state index contributed by atoms with van der Waals surface area (Å²) in [5.41, 5.74) is 6.04. The molecule has 1 aliphatic heterocycles. The van der Waals surface area contributed by atoms with Gasteiger partial charge in [-0.1, -0.05) is 78.9 Å². The first kappa shape index (κ1) is 17.7. The van der Waals surface area contributed by atoms with Gasteiger partial charge in [-0.05, 0) is 29.3 Å². The largest absolute Gasteiger partial charge is 0.455 e. The van der Waals surface area contributed by atoms with Crippen molar-refractivity contribution in [1.29, 1.82) is 0 Å². The molecule has 148 valence electrons. The summed E-state index contributed by atoms with van der Waals surface area (Å²) in [6, 6.07) is 33.1. The standard InChI is InChI=1S/C27H19N3O/c1-2-8-18(9-3-1)19-10-6-11-20(16-19)26-28-17-29-27(30-26)23-14-7-13-22-21-12-4-5-15-24(21)31-25(22)23/h1-16H,17H2,(H,28,29,30). The second-order valence-corrected chi connectivity index (χ2v) is 7.51. The smallest absolute Gasteiger partial charge is 0.146 e. The maximum absolute atomic E-state index is 6.19. The highest BCUT2D eigenvalue weighted by molar-refractivity contribution is 6.21. The Morgan fingerprint density at radius 2 is 1.32 bits per heavy atom. The van der Waals surface area contributed by atoms with Crippen LogP contribution >= 0.6 is 0 Å². The Hall–Kier alpha value is -4.18. The molecule has 2 heterocycles. The van der Waals surface area contributed by atoms with E-state index in [-0.39, 0.29) is 0 Å². The fourth-order valence-electron chi connectivity index (χ4n) is 4.09. The molecule has 1 N–H and O–H groups in total. The molecule has 1 aliphatic rings.